The molecular formula is C18H20N2O2. The molecule has 2 N–H and O–H groups in total. The highest BCUT2D eigenvalue weighted by Gasteiger charge is 2.36. The van der Waals surface area contributed by atoms with Gasteiger partial charge in [-0.3, -0.25) is 4.90 Å². The molecule has 1 saturated heterocycles. The molecule has 1 amide bonds. The lowest BCUT2D eigenvalue weighted by Crippen LogP contribution is -2.36. The van der Waals surface area contributed by atoms with E-state index in [1.165, 1.54) is 0 Å². The Hall–Kier alpha value is -2.33. The van der Waals surface area contributed by atoms with Crippen LogP contribution in [0.25, 0.3) is 0 Å². The molecule has 0 bridgehead atoms. The van der Waals surface area contributed by atoms with E-state index in [1.807, 2.05) is 60.7 Å². The van der Waals surface area contributed by atoms with Crippen LogP contribution in [0.3, 0.4) is 0 Å². The highest BCUT2D eigenvalue weighted by atomic mass is 16.6. The highest BCUT2D eigenvalue weighted by Crippen LogP contribution is 2.31. The SMILES string of the molecule is N[C@H]1CCN(C(=O)OCc2ccccc2)[C@H]1c1ccccc1. The number of rotatable bonds is 3. The third-order valence-electron chi connectivity index (χ3n) is 4.03. The second-order valence-electron chi connectivity index (χ2n) is 5.54. The number of hydrogen-bond donors (Lipinski definition) is 1. The number of nitrogens with zero attached hydrogens (tertiary/aromatic N) is 1. The molecule has 1 heterocycles. The maximum atomic E-state index is 12.4. The zero-order valence-corrected chi connectivity index (χ0v) is 12.4. The number of nitrogens with two attached hydrogens (primary N) is 1. The smallest absolute Gasteiger partial charge is 0.410 e. The minimum Gasteiger partial charge on any atom is -0.445 e. The average molecular weight is 296 g/mol. The van der Waals surface area contributed by atoms with Gasteiger partial charge in [0, 0.05) is 12.6 Å². The van der Waals surface area contributed by atoms with Gasteiger partial charge < -0.3 is 10.5 Å². The van der Waals surface area contributed by atoms with E-state index in [0.29, 0.717) is 6.54 Å². The summed E-state index contributed by atoms with van der Waals surface area (Å²) in [6.45, 7) is 0.918. The average Bonchev–Trinajstić information content (AvgIpc) is 2.96. The summed E-state index contributed by atoms with van der Waals surface area (Å²) in [7, 11) is 0. The minimum atomic E-state index is -0.300. The molecule has 0 aliphatic carbocycles. The summed E-state index contributed by atoms with van der Waals surface area (Å²) in [5, 5.41) is 0. The van der Waals surface area contributed by atoms with Crippen LogP contribution in [0.15, 0.2) is 60.7 Å². The van der Waals surface area contributed by atoms with Crippen molar-refractivity contribution in [3.63, 3.8) is 0 Å². The molecular weight excluding hydrogens is 276 g/mol. The molecule has 0 spiro atoms. The van der Waals surface area contributed by atoms with E-state index in [1.54, 1.807) is 4.90 Å². The van der Waals surface area contributed by atoms with Crippen molar-refractivity contribution in [1.29, 1.82) is 0 Å². The van der Waals surface area contributed by atoms with Crippen LogP contribution in [0, 0.1) is 0 Å². The van der Waals surface area contributed by atoms with Crippen LogP contribution in [-0.2, 0) is 11.3 Å². The van der Waals surface area contributed by atoms with Crippen LogP contribution in [-0.4, -0.2) is 23.6 Å². The zero-order valence-electron chi connectivity index (χ0n) is 12.4. The van der Waals surface area contributed by atoms with Crippen molar-refractivity contribution in [2.75, 3.05) is 6.54 Å². The first-order valence-electron chi connectivity index (χ1n) is 7.53. The van der Waals surface area contributed by atoms with E-state index >= 15 is 0 Å². The highest BCUT2D eigenvalue weighted by molar-refractivity contribution is 5.69. The van der Waals surface area contributed by atoms with Crippen LogP contribution in [0.1, 0.15) is 23.6 Å². The van der Waals surface area contributed by atoms with Gasteiger partial charge in [0.05, 0.1) is 6.04 Å². The topological polar surface area (TPSA) is 55.6 Å². The maximum absolute atomic E-state index is 12.4. The van der Waals surface area contributed by atoms with Crippen molar-refractivity contribution >= 4 is 6.09 Å². The lowest BCUT2D eigenvalue weighted by atomic mass is 10.0. The van der Waals surface area contributed by atoms with Crippen LogP contribution in [0.5, 0.6) is 0 Å². The summed E-state index contributed by atoms with van der Waals surface area (Å²) in [4.78, 5) is 14.1. The number of ether oxygens (including phenoxy) is 1. The quantitative estimate of drug-likeness (QED) is 0.947. The Morgan fingerprint density at radius 2 is 1.73 bits per heavy atom. The normalized spacial score (nSPS) is 20.9. The summed E-state index contributed by atoms with van der Waals surface area (Å²) in [6, 6.07) is 19.4. The van der Waals surface area contributed by atoms with Gasteiger partial charge in [0.15, 0.2) is 0 Å². The van der Waals surface area contributed by atoms with Crippen LogP contribution >= 0.6 is 0 Å². The number of benzene rings is 2. The van der Waals surface area contributed by atoms with Gasteiger partial charge >= 0.3 is 6.09 Å². The summed E-state index contributed by atoms with van der Waals surface area (Å²) in [6.07, 6.45) is 0.491. The fourth-order valence-corrected chi connectivity index (χ4v) is 2.90. The minimum absolute atomic E-state index is 0.0494. The molecule has 2 aromatic rings. The maximum Gasteiger partial charge on any atom is 0.410 e. The van der Waals surface area contributed by atoms with Crippen LogP contribution in [0.4, 0.5) is 4.79 Å². The largest absolute Gasteiger partial charge is 0.445 e. The second-order valence-corrected chi connectivity index (χ2v) is 5.54. The fraction of sp³-hybridized carbons (Fsp3) is 0.278. The van der Waals surface area contributed by atoms with Gasteiger partial charge in [-0.1, -0.05) is 60.7 Å². The van der Waals surface area contributed by atoms with E-state index in [9.17, 15) is 4.79 Å². The molecule has 22 heavy (non-hydrogen) atoms. The molecule has 2 aromatic carbocycles. The van der Waals surface area contributed by atoms with Crippen molar-refractivity contribution < 1.29 is 9.53 Å². The number of hydrogen-bond acceptors (Lipinski definition) is 3. The monoisotopic (exact) mass is 296 g/mol. The Bertz CT molecular complexity index is 615. The molecule has 4 heteroatoms. The molecule has 2 atom stereocenters. The third kappa shape index (κ3) is 3.12. The molecule has 1 fully saturated rings. The number of likely N-dealkylation sites (tertiary alicyclic amines) is 1. The van der Waals surface area contributed by atoms with Crippen LogP contribution in [0.2, 0.25) is 0 Å². The summed E-state index contributed by atoms with van der Waals surface area (Å²) < 4.78 is 5.44. The van der Waals surface area contributed by atoms with Gasteiger partial charge in [-0.05, 0) is 17.5 Å². The Labute approximate surface area is 130 Å². The van der Waals surface area contributed by atoms with Gasteiger partial charge in [0.1, 0.15) is 6.61 Å². The van der Waals surface area contributed by atoms with E-state index in [-0.39, 0.29) is 24.8 Å². The zero-order chi connectivity index (χ0) is 15.4. The number of amides is 1. The Kier molecular flexibility index (Phi) is 4.39. The molecule has 0 unspecified atom stereocenters. The number of carbonyl (C=O) groups is 1. The lowest BCUT2D eigenvalue weighted by molar-refractivity contribution is 0.0908. The summed E-state index contributed by atoms with van der Waals surface area (Å²) >= 11 is 0. The molecule has 1 aliphatic heterocycles. The van der Waals surface area contributed by atoms with Gasteiger partial charge in [-0.2, -0.15) is 0 Å². The van der Waals surface area contributed by atoms with Crippen molar-refractivity contribution in [2.24, 2.45) is 5.73 Å². The molecule has 114 valence electrons. The summed E-state index contributed by atoms with van der Waals surface area (Å²) in [5.74, 6) is 0. The molecule has 0 saturated carbocycles. The number of carbonyl (C=O) groups excluding carboxylic acids is 1. The predicted octanol–water partition coefficient (Wildman–Crippen LogP) is 3.10. The van der Waals surface area contributed by atoms with Gasteiger partial charge in [0.25, 0.3) is 0 Å². The third-order valence-corrected chi connectivity index (χ3v) is 4.03. The van der Waals surface area contributed by atoms with Crippen molar-refractivity contribution in [3.8, 4) is 0 Å². The summed E-state index contributed by atoms with van der Waals surface area (Å²) in [5.41, 5.74) is 8.24. The van der Waals surface area contributed by atoms with Crippen LogP contribution < -0.4 is 5.73 Å². The van der Waals surface area contributed by atoms with E-state index in [4.69, 9.17) is 10.5 Å². The molecule has 3 rings (SSSR count). The van der Waals surface area contributed by atoms with E-state index in [0.717, 1.165) is 17.5 Å². The van der Waals surface area contributed by atoms with Gasteiger partial charge in [-0.15, -0.1) is 0 Å². The van der Waals surface area contributed by atoms with Crippen molar-refractivity contribution in [3.05, 3.63) is 71.8 Å². The molecule has 1 aliphatic rings. The van der Waals surface area contributed by atoms with E-state index < -0.39 is 0 Å². The lowest BCUT2D eigenvalue weighted by Gasteiger charge is -2.26. The Morgan fingerprint density at radius 3 is 2.41 bits per heavy atom. The molecule has 0 aromatic heterocycles. The van der Waals surface area contributed by atoms with Gasteiger partial charge in [0.2, 0.25) is 0 Å². The standard InChI is InChI=1S/C18H20N2O2/c19-16-11-12-20(17(16)15-9-5-2-6-10-15)18(21)22-13-14-7-3-1-4-8-14/h1-10,16-17H,11-13,19H2/t16-,17-/m0/s1. The first-order valence-corrected chi connectivity index (χ1v) is 7.53. The Morgan fingerprint density at radius 1 is 1.09 bits per heavy atom. The first kappa shape index (κ1) is 14.6. The van der Waals surface area contributed by atoms with Gasteiger partial charge in [-0.25, -0.2) is 4.79 Å². The fourth-order valence-electron chi connectivity index (χ4n) is 2.90. The van der Waals surface area contributed by atoms with E-state index in [2.05, 4.69) is 0 Å². The Balaban J connectivity index is 1.68. The van der Waals surface area contributed by atoms with Crippen molar-refractivity contribution in [1.82, 2.24) is 4.90 Å². The molecule has 0 radical (unpaired) electrons. The van der Waals surface area contributed by atoms with Crippen molar-refractivity contribution in [2.45, 2.75) is 25.1 Å². The predicted molar refractivity (Wildman–Crippen MR) is 85.1 cm³/mol. The molecule has 4 nitrogen and oxygen atoms in total. The second kappa shape index (κ2) is 6.62. The first-order chi connectivity index (χ1) is 10.8.